The van der Waals surface area contributed by atoms with Crippen LogP contribution in [0.25, 0.3) is 11.1 Å². The average molecular weight is 228 g/mol. The molecule has 1 aromatic carbocycles. The number of ether oxygens (including phenoxy) is 1. The Hall–Kier alpha value is -1.74. The van der Waals surface area contributed by atoms with Gasteiger partial charge in [0.2, 0.25) is 0 Å². The highest BCUT2D eigenvalue weighted by Gasteiger charge is 2.16. The molecule has 0 aliphatic carbocycles. The Morgan fingerprint density at radius 1 is 1.18 bits per heavy atom. The molecular formula is C14H16N2O. The van der Waals surface area contributed by atoms with Gasteiger partial charge < -0.3 is 14.6 Å². The molecule has 0 saturated heterocycles. The van der Waals surface area contributed by atoms with Gasteiger partial charge in [0.25, 0.3) is 0 Å². The molecule has 0 atom stereocenters. The Morgan fingerprint density at radius 2 is 2.06 bits per heavy atom. The van der Waals surface area contributed by atoms with E-state index in [4.69, 9.17) is 4.74 Å². The summed E-state index contributed by atoms with van der Waals surface area (Å²) in [7, 11) is 1.72. The Labute approximate surface area is 101 Å². The van der Waals surface area contributed by atoms with Gasteiger partial charge in [-0.1, -0.05) is 18.2 Å². The molecule has 0 amide bonds. The lowest BCUT2D eigenvalue weighted by Crippen LogP contribution is -2.27. The Kier molecular flexibility index (Phi) is 2.61. The third kappa shape index (κ3) is 1.72. The second-order valence-corrected chi connectivity index (χ2v) is 4.25. The first-order valence-corrected chi connectivity index (χ1v) is 5.92. The molecule has 1 N–H and O–H groups in total. The molecule has 88 valence electrons. The van der Waals surface area contributed by atoms with E-state index in [1.165, 1.54) is 16.8 Å². The van der Waals surface area contributed by atoms with Crippen LogP contribution in [0, 0.1) is 0 Å². The number of nitrogens with one attached hydrogen (secondary N) is 1. The van der Waals surface area contributed by atoms with E-state index in [1.807, 2.05) is 12.1 Å². The van der Waals surface area contributed by atoms with Crippen LogP contribution in [0.2, 0.25) is 0 Å². The van der Waals surface area contributed by atoms with Crippen molar-refractivity contribution in [2.24, 2.45) is 0 Å². The topological polar surface area (TPSA) is 26.2 Å². The van der Waals surface area contributed by atoms with E-state index in [1.54, 1.807) is 7.11 Å². The maximum atomic E-state index is 5.43. The fraction of sp³-hybridized carbons (Fsp3) is 0.286. The van der Waals surface area contributed by atoms with Crippen LogP contribution >= 0.6 is 0 Å². The number of fused-ring (bicyclic) bond motifs is 1. The zero-order chi connectivity index (χ0) is 11.7. The summed E-state index contributed by atoms with van der Waals surface area (Å²) in [5.74, 6) is 0.937. The number of hydrogen-bond donors (Lipinski definition) is 1. The number of rotatable bonds is 2. The van der Waals surface area contributed by atoms with Crippen LogP contribution in [0.3, 0.4) is 0 Å². The number of para-hydroxylation sites is 1. The lowest BCUT2D eigenvalue weighted by molar-refractivity contribution is 0.416. The molecular weight excluding hydrogens is 212 g/mol. The normalized spacial score (nSPS) is 14.4. The van der Waals surface area contributed by atoms with Crippen molar-refractivity contribution in [2.45, 2.75) is 13.1 Å². The van der Waals surface area contributed by atoms with E-state index in [0.29, 0.717) is 0 Å². The Morgan fingerprint density at radius 3 is 2.94 bits per heavy atom. The zero-order valence-electron chi connectivity index (χ0n) is 9.94. The molecule has 0 radical (unpaired) electrons. The summed E-state index contributed by atoms with van der Waals surface area (Å²) in [4.78, 5) is 0. The number of nitrogens with zero attached hydrogens (tertiary/aromatic N) is 1. The largest absolute Gasteiger partial charge is 0.496 e. The molecule has 2 aromatic rings. The van der Waals surface area contributed by atoms with Crippen LogP contribution < -0.4 is 10.1 Å². The second kappa shape index (κ2) is 4.26. The Balaban J connectivity index is 2.12. The first-order chi connectivity index (χ1) is 8.40. The summed E-state index contributed by atoms with van der Waals surface area (Å²) in [6.45, 7) is 3.03. The minimum Gasteiger partial charge on any atom is -0.496 e. The van der Waals surface area contributed by atoms with Crippen molar-refractivity contribution >= 4 is 0 Å². The van der Waals surface area contributed by atoms with Gasteiger partial charge in [-0.25, -0.2) is 0 Å². The quantitative estimate of drug-likeness (QED) is 0.853. The molecule has 0 bridgehead atoms. The van der Waals surface area contributed by atoms with E-state index in [-0.39, 0.29) is 0 Å². The van der Waals surface area contributed by atoms with Gasteiger partial charge in [0.1, 0.15) is 5.75 Å². The summed E-state index contributed by atoms with van der Waals surface area (Å²) in [5, 5.41) is 3.41. The SMILES string of the molecule is COc1ccccc1-c1ccn2c1CNCC2. The molecule has 3 nitrogen and oxygen atoms in total. The van der Waals surface area contributed by atoms with Gasteiger partial charge in [-0.2, -0.15) is 0 Å². The lowest BCUT2D eigenvalue weighted by atomic mass is 10.0. The number of hydrogen-bond acceptors (Lipinski definition) is 2. The van der Waals surface area contributed by atoms with Crippen molar-refractivity contribution in [2.75, 3.05) is 13.7 Å². The van der Waals surface area contributed by atoms with Crippen LogP contribution in [-0.2, 0) is 13.1 Å². The van der Waals surface area contributed by atoms with E-state index in [2.05, 4.69) is 34.3 Å². The van der Waals surface area contributed by atoms with Gasteiger partial charge in [-0.05, 0) is 12.1 Å². The van der Waals surface area contributed by atoms with Gasteiger partial charge in [0, 0.05) is 42.7 Å². The Bertz CT molecular complexity index is 531. The highest BCUT2D eigenvalue weighted by molar-refractivity contribution is 5.72. The van der Waals surface area contributed by atoms with Crippen molar-refractivity contribution in [3.05, 3.63) is 42.2 Å². The average Bonchev–Trinajstić information content (AvgIpc) is 2.82. The number of benzene rings is 1. The van der Waals surface area contributed by atoms with Crippen molar-refractivity contribution in [3.63, 3.8) is 0 Å². The zero-order valence-corrected chi connectivity index (χ0v) is 9.94. The highest BCUT2D eigenvalue weighted by atomic mass is 16.5. The molecule has 0 saturated carbocycles. The van der Waals surface area contributed by atoms with Crippen LogP contribution in [0.15, 0.2) is 36.5 Å². The van der Waals surface area contributed by atoms with Crippen molar-refractivity contribution in [3.8, 4) is 16.9 Å². The first kappa shape index (κ1) is 10.4. The molecule has 2 heterocycles. The molecule has 1 aliphatic rings. The predicted molar refractivity (Wildman–Crippen MR) is 68.1 cm³/mol. The lowest BCUT2D eigenvalue weighted by Gasteiger charge is -2.18. The second-order valence-electron chi connectivity index (χ2n) is 4.25. The fourth-order valence-electron chi connectivity index (χ4n) is 2.43. The third-order valence-electron chi connectivity index (χ3n) is 3.30. The summed E-state index contributed by atoms with van der Waals surface area (Å²) in [6.07, 6.45) is 2.16. The molecule has 0 fully saturated rings. The maximum absolute atomic E-state index is 5.43. The van der Waals surface area contributed by atoms with Crippen molar-refractivity contribution in [1.29, 1.82) is 0 Å². The van der Waals surface area contributed by atoms with Crippen LogP contribution in [0.1, 0.15) is 5.69 Å². The van der Waals surface area contributed by atoms with E-state index in [0.717, 1.165) is 25.4 Å². The number of aromatic nitrogens is 1. The van der Waals surface area contributed by atoms with Crippen LogP contribution in [0.5, 0.6) is 5.75 Å². The first-order valence-electron chi connectivity index (χ1n) is 5.92. The van der Waals surface area contributed by atoms with Gasteiger partial charge in [-0.15, -0.1) is 0 Å². The summed E-state index contributed by atoms with van der Waals surface area (Å²) in [6, 6.07) is 10.4. The monoisotopic (exact) mass is 228 g/mol. The van der Waals surface area contributed by atoms with E-state index in [9.17, 15) is 0 Å². The molecule has 1 aliphatic heterocycles. The number of methoxy groups -OCH3 is 1. The maximum Gasteiger partial charge on any atom is 0.126 e. The predicted octanol–water partition coefficient (Wildman–Crippen LogP) is 2.27. The third-order valence-corrected chi connectivity index (χ3v) is 3.30. The van der Waals surface area contributed by atoms with E-state index < -0.39 is 0 Å². The van der Waals surface area contributed by atoms with E-state index >= 15 is 0 Å². The standard InChI is InChI=1S/C14H16N2O/c1-17-14-5-3-2-4-12(14)11-6-8-16-9-7-15-10-13(11)16/h2-6,8,15H,7,9-10H2,1H3. The minimum atomic E-state index is 0.931. The van der Waals surface area contributed by atoms with Gasteiger partial charge in [-0.3, -0.25) is 0 Å². The van der Waals surface area contributed by atoms with Crippen LogP contribution in [0.4, 0.5) is 0 Å². The van der Waals surface area contributed by atoms with Crippen molar-refractivity contribution in [1.82, 2.24) is 9.88 Å². The summed E-state index contributed by atoms with van der Waals surface area (Å²) < 4.78 is 7.75. The molecule has 3 rings (SSSR count). The summed E-state index contributed by atoms with van der Waals surface area (Å²) >= 11 is 0. The van der Waals surface area contributed by atoms with Crippen LogP contribution in [-0.4, -0.2) is 18.2 Å². The molecule has 3 heteroatoms. The fourth-order valence-corrected chi connectivity index (χ4v) is 2.43. The summed E-state index contributed by atoms with van der Waals surface area (Å²) in [5.41, 5.74) is 3.79. The van der Waals surface area contributed by atoms with Gasteiger partial charge in [0.05, 0.1) is 7.11 Å². The van der Waals surface area contributed by atoms with Gasteiger partial charge >= 0.3 is 0 Å². The molecule has 0 spiro atoms. The molecule has 0 unspecified atom stereocenters. The van der Waals surface area contributed by atoms with Crippen molar-refractivity contribution < 1.29 is 4.74 Å². The molecule has 1 aromatic heterocycles. The minimum absolute atomic E-state index is 0.931. The smallest absolute Gasteiger partial charge is 0.126 e. The van der Waals surface area contributed by atoms with Gasteiger partial charge in [0.15, 0.2) is 0 Å². The molecule has 17 heavy (non-hydrogen) atoms. The highest BCUT2D eigenvalue weighted by Crippen LogP contribution is 2.33.